The van der Waals surface area contributed by atoms with Crippen molar-refractivity contribution in [1.29, 1.82) is 0 Å². The van der Waals surface area contributed by atoms with Gasteiger partial charge in [0.15, 0.2) is 0 Å². The molecule has 0 spiro atoms. The number of hydrogen-bond donors (Lipinski definition) is 2. The van der Waals surface area contributed by atoms with E-state index in [9.17, 15) is 4.79 Å². The quantitative estimate of drug-likeness (QED) is 0.727. The number of hydrogen-bond acceptors (Lipinski definition) is 2. The van der Waals surface area contributed by atoms with Crippen LogP contribution in [0.4, 0.5) is 0 Å². The van der Waals surface area contributed by atoms with E-state index in [2.05, 4.69) is 19.2 Å². The summed E-state index contributed by atoms with van der Waals surface area (Å²) in [5.41, 5.74) is 5.65. The van der Waals surface area contributed by atoms with Crippen molar-refractivity contribution in [3.05, 3.63) is 0 Å². The van der Waals surface area contributed by atoms with E-state index < -0.39 is 5.41 Å². The first-order valence-electron chi connectivity index (χ1n) is 6.38. The Morgan fingerprint density at radius 2 is 2.06 bits per heavy atom. The van der Waals surface area contributed by atoms with Crippen LogP contribution in [0.1, 0.15) is 47.0 Å². The average molecular weight is 226 g/mol. The molecule has 0 bridgehead atoms. The Morgan fingerprint density at radius 1 is 1.50 bits per heavy atom. The first-order valence-corrected chi connectivity index (χ1v) is 6.38. The minimum atomic E-state index is -0.396. The molecule has 0 aliphatic heterocycles. The first kappa shape index (κ1) is 13.5. The Kier molecular flexibility index (Phi) is 4.00. The van der Waals surface area contributed by atoms with Gasteiger partial charge in [-0.1, -0.05) is 20.8 Å². The number of rotatable bonds is 6. The molecule has 1 amide bonds. The highest BCUT2D eigenvalue weighted by Gasteiger charge is 2.45. The summed E-state index contributed by atoms with van der Waals surface area (Å²) in [7, 11) is 0. The minimum absolute atomic E-state index is 0.115. The summed E-state index contributed by atoms with van der Waals surface area (Å²) in [4.78, 5) is 12.0. The minimum Gasteiger partial charge on any atom is -0.355 e. The zero-order valence-corrected chi connectivity index (χ0v) is 11.1. The molecule has 0 radical (unpaired) electrons. The molecule has 1 unspecified atom stereocenters. The predicted octanol–water partition coefficient (Wildman–Crippen LogP) is 1.91. The van der Waals surface area contributed by atoms with Gasteiger partial charge in [-0.2, -0.15) is 0 Å². The van der Waals surface area contributed by atoms with Gasteiger partial charge in [0.1, 0.15) is 0 Å². The van der Waals surface area contributed by atoms with E-state index in [0.717, 1.165) is 13.0 Å². The molecule has 0 aromatic heterocycles. The van der Waals surface area contributed by atoms with Crippen molar-refractivity contribution >= 4 is 5.91 Å². The number of nitrogens with two attached hydrogens (primary N) is 1. The lowest BCUT2D eigenvalue weighted by Crippen LogP contribution is -2.45. The van der Waals surface area contributed by atoms with Gasteiger partial charge in [0.2, 0.25) is 5.91 Å². The normalized spacial score (nSPS) is 21.6. The second-order valence-corrected chi connectivity index (χ2v) is 5.82. The average Bonchev–Trinajstić information content (AvgIpc) is 3.05. The summed E-state index contributed by atoms with van der Waals surface area (Å²) in [5.74, 6) is 0.767. The highest BCUT2D eigenvalue weighted by atomic mass is 16.2. The Hall–Kier alpha value is -0.570. The van der Waals surface area contributed by atoms with Crippen LogP contribution in [-0.2, 0) is 4.79 Å². The van der Waals surface area contributed by atoms with Gasteiger partial charge in [-0.3, -0.25) is 4.79 Å². The zero-order chi connectivity index (χ0) is 12.4. The summed E-state index contributed by atoms with van der Waals surface area (Å²) in [6, 6.07) is 0. The molecule has 16 heavy (non-hydrogen) atoms. The largest absolute Gasteiger partial charge is 0.355 e. The van der Waals surface area contributed by atoms with Crippen LogP contribution in [0.2, 0.25) is 0 Å². The number of nitrogens with one attached hydrogen (secondary N) is 1. The van der Waals surface area contributed by atoms with Crippen molar-refractivity contribution in [2.75, 3.05) is 13.1 Å². The van der Waals surface area contributed by atoms with Gasteiger partial charge in [-0.15, -0.1) is 0 Å². The van der Waals surface area contributed by atoms with Crippen LogP contribution in [-0.4, -0.2) is 19.0 Å². The molecular weight excluding hydrogens is 200 g/mol. The molecule has 0 aromatic rings. The van der Waals surface area contributed by atoms with Gasteiger partial charge in [-0.05, 0) is 37.5 Å². The van der Waals surface area contributed by atoms with E-state index in [1.54, 1.807) is 0 Å². The van der Waals surface area contributed by atoms with Crippen LogP contribution < -0.4 is 11.1 Å². The molecular formula is C13H26N2O. The van der Waals surface area contributed by atoms with Crippen molar-refractivity contribution in [2.45, 2.75) is 47.0 Å². The summed E-state index contributed by atoms with van der Waals surface area (Å²) in [6.45, 7) is 9.67. The van der Waals surface area contributed by atoms with E-state index >= 15 is 0 Å². The van der Waals surface area contributed by atoms with Crippen LogP contribution in [0.25, 0.3) is 0 Å². The molecule has 1 atom stereocenters. The van der Waals surface area contributed by atoms with Crippen molar-refractivity contribution in [3.8, 4) is 0 Å². The third kappa shape index (κ3) is 2.57. The van der Waals surface area contributed by atoms with E-state index in [4.69, 9.17) is 5.73 Å². The highest BCUT2D eigenvalue weighted by Crippen LogP contribution is 2.51. The highest BCUT2D eigenvalue weighted by molar-refractivity contribution is 5.82. The fourth-order valence-corrected chi connectivity index (χ4v) is 1.99. The molecule has 3 heteroatoms. The van der Waals surface area contributed by atoms with E-state index in [0.29, 0.717) is 17.9 Å². The van der Waals surface area contributed by atoms with Crippen LogP contribution in [0, 0.1) is 16.7 Å². The maximum absolute atomic E-state index is 12.0. The fourth-order valence-electron chi connectivity index (χ4n) is 1.99. The second-order valence-electron chi connectivity index (χ2n) is 5.82. The fraction of sp³-hybridized carbons (Fsp3) is 0.923. The Balaban J connectivity index is 2.47. The molecule has 1 rings (SSSR count). The Labute approximate surface area is 99.2 Å². The van der Waals surface area contributed by atoms with Gasteiger partial charge >= 0.3 is 0 Å². The Morgan fingerprint density at radius 3 is 2.38 bits per heavy atom. The van der Waals surface area contributed by atoms with Crippen LogP contribution in [0.5, 0.6) is 0 Å². The number of carbonyl (C=O) groups excluding carboxylic acids is 1. The van der Waals surface area contributed by atoms with E-state index in [1.807, 2.05) is 13.8 Å². The Bertz CT molecular complexity index is 253. The van der Waals surface area contributed by atoms with Crippen LogP contribution >= 0.6 is 0 Å². The second kappa shape index (κ2) is 4.74. The molecule has 3 nitrogen and oxygen atoms in total. The van der Waals surface area contributed by atoms with Gasteiger partial charge in [0, 0.05) is 13.1 Å². The maximum atomic E-state index is 12.0. The van der Waals surface area contributed by atoms with Gasteiger partial charge in [0.25, 0.3) is 0 Å². The van der Waals surface area contributed by atoms with Crippen LogP contribution in [0.15, 0.2) is 0 Å². The SMILES string of the molecule is CCC(C)(CN)C(=O)NCC1(C(C)C)CC1. The maximum Gasteiger partial charge on any atom is 0.227 e. The van der Waals surface area contributed by atoms with Crippen molar-refractivity contribution in [3.63, 3.8) is 0 Å². The molecule has 0 heterocycles. The molecule has 0 saturated heterocycles. The van der Waals surface area contributed by atoms with Gasteiger partial charge in [0.05, 0.1) is 5.41 Å². The zero-order valence-electron chi connectivity index (χ0n) is 11.1. The monoisotopic (exact) mass is 226 g/mol. The van der Waals surface area contributed by atoms with Crippen molar-refractivity contribution < 1.29 is 4.79 Å². The third-order valence-electron chi connectivity index (χ3n) is 4.50. The lowest BCUT2D eigenvalue weighted by molar-refractivity contribution is -0.130. The first-order chi connectivity index (χ1) is 7.40. The van der Waals surface area contributed by atoms with Gasteiger partial charge in [-0.25, -0.2) is 0 Å². The smallest absolute Gasteiger partial charge is 0.227 e. The molecule has 1 fully saturated rings. The topological polar surface area (TPSA) is 55.1 Å². The predicted molar refractivity (Wildman–Crippen MR) is 67.0 cm³/mol. The third-order valence-corrected chi connectivity index (χ3v) is 4.50. The molecule has 94 valence electrons. The lowest BCUT2D eigenvalue weighted by atomic mass is 9.86. The number of carbonyl (C=O) groups is 1. The summed E-state index contributed by atoms with van der Waals surface area (Å²) >= 11 is 0. The lowest BCUT2D eigenvalue weighted by Gasteiger charge is -2.27. The van der Waals surface area contributed by atoms with E-state index in [-0.39, 0.29) is 5.91 Å². The molecule has 1 aliphatic carbocycles. The summed E-state index contributed by atoms with van der Waals surface area (Å²) < 4.78 is 0. The molecule has 3 N–H and O–H groups in total. The summed E-state index contributed by atoms with van der Waals surface area (Å²) in [6.07, 6.45) is 3.29. The van der Waals surface area contributed by atoms with Crippen LogP contribution in [0.3, 0.4) is 0 Å². The van der Waals surface area contributed by atoms with Crippen molar-refractivity contribution in [1.82, 2.24) is 5.32 Å². The molecule has 0 aromatic carbocycles. The summed E-state index contributed by atoms with van der Waals surface area (Å²) in [5, 5.41) is 3.09. The molecule has 1 aliphatic rings. The number of amides is 1. The van der Waals surface area contributed by atoms with E-state index in [1.165, 1.54) is 12.8 Å². The van der Waals surface area contributed by atoms with Gasteiger partial charge < -0.3 is 11.1 Å². The molecule has 1 saturated carbocycles. The standard InChI is InChI=1S/C13H26N2O/c1-5-12(4,8-14)11(16)15-9-13(6-7-13)10(2)3/h10H,5-9,14H2,1-4H3,(H,15,16). The van der Waals surface area contributed by atoms with Crippen molar-refractivity contribution in [2.24, 2.45) is 22.5 Å².